The van der Waals surface area contributed by atoms with E-state index >= 15 is 0 Å². The third-order valence-electron chi connectivity index (χ3n) is 2.31. The quantitative estimate of drug-likeness (QED) is 0.904. The number of hydrogen-bond donors (Lipinski definition) is 1. The molecule has 4 heteroatoms. The summed E-state index contributed by atoms with van der Waals surface area (Å²) in [6.45, 7) is 0.804. The van der Waals surface area contributed by atoms with Gasteiger partial charge in [-0.25, -0.2) is 0 Å². The molecule has 0 saturated heterocycles. The third kappa shape index (κ3) is 2.80. The summed E-state index contributed by atoms with van der Waals surface area (Å²) in [6.07, 6.45) is 4.12. The normalized spacial score (nSPS) is 10.4. The molecular weight excluding hydrogens is 288 g/mol. The number of aryl methyl sites for hydroxylation is 1. The maximum absolute atomic E-state index is 6.01. The predicted octanol–water partition coefficient (Wildman–Crippen LogP) is 4.05. The van der Waals surface area contributed by atoms with E-state index in [0.29, 0.717) is 0 Å². The first kappa shape index (κ1) is 11.6. The van der Waals surface area contributed by atoms with Crippen LogP contribution in [0.3, 0.4) is 0 Å². The van der Waals surface area contributed by atoms with E-state index in [-0.39, 0.29) is 0 Å². The number of nitrogens with one attached hydrogen (secondary N) is 1. The van der Waals surface area contributed by atoms with Crippen LogP contribution in [0.4, 0.5) is 5.69 Å². The molecule has 0 fully saturated rings. The molecule has 2 rings (SSSR count). The maximum Gasteiger partial charge on any atom is 0.0568 e. The number of hydrogen-bond acceptors (Lipinski definition) is 1. The number of rotatable bonds is 3. The van der Waals surface area contributed by atoms with Crippen LogP contribution in [0.2, 0.25) is 5.02 Å². The van der Waals surface area contributed by atoms with Crippen molar-refractivity contribution in [1.82, 2.24) is 4.57 Å². The molecule has 0 aliphatic heterocycles. The molecule has 0 aliphatic carbocycles. The van der Waals surface area contributed by atoms with Crippen LogP contribution in [-0.2, 0) is 13.6 Å². The zero-order chi connectivity index (χ0) is 11.5. The van der Waals surface area contributed by atoms with E-state index < -0.39 is 0 Å². The molecule has 0 saturated carbocycles. The van der Waals surface area contributed by atoms with Crippen molar-refractivity contribution in [3.8, 4) is 0 Å². The molecule has 16 heavy (non-hydrogen) atoms. The Morgan fingerprint density at radius 3 is 2.81 bits per heavy atom. The van der Waals surface area contributed by atoms with Gasteiger partial charge in [0.05, 0.1) is 5.02 Å². The summed E-state index contributed by atoms with van der Waals surface area (Å²) < 4.78 is 2.95. The fraction of sp³-hybridized carbons (Fsp3) is 0.167. The van der Waals surface area contributed by atoms with Gasteiger partial charge < -0.3 is 9.88 Å². The summed E-state index contributed by atoms with van der Waals surface area (Å²) in [5.74, 6) is 0. The molecule has 1 N–H and O–H groups in total. The van der Waals surface area contributed by atoms with Crippen molar-refractivity contribution >= 4 is 33.2 Å². The molecule has 0 spiro atoms. The molecule has 1 aromatic carbocycles. The zero-order valence-corrected chi connectivity index (χ0v) is 11.2. The first-order valence-corrected chi connectivity index (χ1v) is 6.12. The van der Waals surface area contributed by atoms with Crippen LogP contribution in [-0.4, -0.2) is 4.57 Å². The molecule has 84 valence electrons. The molecular formula is C12H12BrClN2. The Labute approximate surface area is 108 Å². The summed E-state index contributed by atoms with van der Waals surface area (Å²) in [5.41, 5.74) is 2.28. The van der Waals surface area contributed by atoms with Crippen molar-refractivity contribution in [3.63, 3.8) is 0 Å². The molecule has 0 atom stereocenters. The summed E-state index contributed by atoms with van der Waals surface area (Å²) in [4.78, 5) is 0. The molecule has 2 nitrogen and oxygen atoms in total. The van der Waals surface area contributed by atoms with Gasteiger partial charge in [0.1, 0.15) is 0 Å². The van der Waals surface area contributed by atoms with E-state index in [4.69, 9.17) is 11.6 Å². The first-order chi connectivity index (χ1) is 7.65. The smallest absolute Gasteiger partial charge is 0.0568 e. The van der Waals surface area contributed by atoms with Gasteiger partial charge in [0.2, 0.25) is 0 Å². The fourth-order valence-electron chi connectivity index (χ4n) is 1.48. The Hall–Kier alpha value is -0.930. The van der Waals surface area contributed by atoms with Crippen molar-refractivity contribution in [2.45, 2.75) is 6.54 Å². The SMILES string of the molecule is Cn1ccc(CNc2ccc(Br)c(Cl)c2)c1. The minimum absolute atomic E-state index is 0.720. The number of aromatic nitrogens is 1. The van der Waals surface area contributed by atoms with Gasteiger partial charge in [0.25, 0.3) is 0 Å². The monoisotopic (exact) mass is 298 g/mol. The van der Waals surface area contributed by atoms with Crippen LogP contribution in [0.5, 0.6) is 0 Å². The van der Waals surface area contributed by atoms with Crippen molar-refractivity contribution in [3.05, 3.63) is 51.7 Å². The van der Waals surface area contributed by atoms with E-state index in [9.17, 15) is 0 Å². The average Bonchev–Trinajstić information content (AvgIpc) is 2.66. The second kappa shape index (κ2) is 4.93. The van der Waals surface area contributed by atoms with Gasteiger partial charge in [-0.1, -0.05) is 11.6 Å². The summed E-state index contributed by atoms with van der Waals surface area (Å²) in [7, 11) is 2.01. The Bertz CT molecular complexity index is 494. The van der Waals surface area contributed by atoms with Crippen LogP contribution in [0, 0.1) is 0 Å². The molecule has 0 aliphatic rings. The Kier molecular flexibility index (Phi) is 3.56. The van der Waals surface area contributed by atoms with Gasteiger partial charge >= 0.3 is 0 Å². The molecule has 0 unspecified atom stereocenters. The molecule has 0 amide bonds. The Morgan fingerprint density at radius 2 is 2.19 bits per heavy atom. The highest BCUT2D eigenvalue weighted by atomic mass is 79.9. The number of benzene rings is 1. The minimum atomic E-state index is 0.720. The van der Waals surface area contributed by atoms with Gasteiger partial charge in [-0.15, -0.1) is 0 Å². The zero-order valence-electron chi connectivity index (χ0n) is 8.87. The van der Waals surface area contributed by atoms with Gasteiger partial charge in [-0.2, -0.15) is 0 Å². The number of halogens is 2. The van der Waals surface area contributed by atoms with Crippen LogP contribution in [0.25, 0.3) is 0 Å². The minimum Gasteiger partial charge on any atom is -0.381 e. The molecule has 0 radical (unpaired) electrons. The fourth-order valence-corrected chi connectivity index (χ4v) is 1.90. The second-order valence-electron chi connectivity index (χ2n) is 3.67. The van der Waals surface area contributed by atoms with Crippen molar-refractivity contribution in [2.75, 3.05) is 5.32 Å². The van der Waals surface area contributed by atoms with Crippen molar-refractivity contribution in [1.29, 1.82) is 0 Å². The van der Waals surface area contributed by atoms with Crippen LogP contribution >= 0.6 is 27.5 Å². The molecule has 1 heterocycles. The van der Waals surface area contributed by atoms with Gasteiger partial charge in [-0.3, -0.25) is 0 Å². The van der Waals surface area contributed by atoms with E-state index in [1.165, 1.54) is 5.56 Å². The van der Waals surface area contributed by atoms with E-state index in [0.717, 1.165) is 21.7 Å². The molecule has 0 bridgehead atoms. The standard InChI is InChI=1S/C12H12BrClN2/c1-16-5-4-9(8-16)7-15-10-2-3-11(13)12(14)6-10/h2-6,8,15H,7H2,1H3. The summed E-state index contributed by atoms with van der Waals surface area (Å²) in [6, 6.07) is 7.94. The van der Waals surface area contributed by atoms with Crippen LogP contribution < -0.4 is 5.32 Å². The average molecular weight is 300 g/mol. The predicted molar refractivity (Wildman–Crippen MR) is 71.9 cm³/mol. The molecule has 1 aromatic heterocycles. The largest absolute Gasteiger partial charge is 0.381 e. The maximum atomic E-state index is 6.01. The highest BCUT2D eigenvalue weighted by molar-refractivity contribution is 9.10. The topological polar surface area (TPSA) is 17.0 Å². The molecule has 2 aromatic rings. The lowest BCUT2D eigenvalue weighted by Crippen LogP contribution is -1.98. The van der Waals surface area contributed by atoms with Crippen molar-refractivity contribution in [2.24, 2.45) is 7.05 Å². The number of anilines is 1. The van der Waals surface area contributed by atoms with Gasteiger partial charge in [0.15, 0.2) is 0 Å². The van der Waals surface area contributed by atoms with E-state index in [1.54, 1.807) is 0 Å². The van der Waals surface area contributed by atoms with E-state index in [1.807, 2.05) is 36.0 Å². The highest BCUT2D eigenvalue weighted by Crippen LogP contribution is 2.25. The highest BCUT2D eigenvalue weighted by Gasteiger charge is 1.99. The lowest BCUT2D eigenvalue weighted by molar-refractivity contribution is 0.920. The van der Waals surface area contributed by atoms with Crippen molar-refractivity contribution < 1.29 is 0 Å². The lowest BCUT2D eigenvalue weighted by Gasteiger charge is -2.06. The third-order valence-corrected chi connectivity index (χ3v) is 3.54. The van der Waals surface area contributed by atoms with Gasteiger partial charge in [0, 0.05) is 36.1 Å². The Balaban J connectivity index is 2.02. The second-order valence-corrected chi connectivity index (χ2v) is 4.93. The van der Waals surface area contributed by atoms with Gasteiger partial charge in [-0.05, 0) is 45.8 Å². The Morgan fingerprint density at radius 1 is 1.38 bits per heavy atom. The lowest BCUT2D eigenvalue weighted by atomic mass is 10.3. The van der Waals surface area contributed by atoms with Crippen LogP contribution in [0.1, 0.15) is 5.56 Å². The first-order valence-electron chi connectivity index (χ1n) is 4.95. The number of nitrogens with zero attached hydrogens (tertiary/aromatic N) is 1. The summed E-state index contributed by atoms with van der Waals surface area (Å²) >= 11 is 9.37. The summed E-state index contributed by atoms with van der Waals surface area (Å²) in [5, 5.41) is 4.04. The van der Waals surface area contributed by atoms with Crippen LogP contribution in [0.15, 0.2) is 41.1 Å². The van der Waals surface area contributed by atoms with E-state index in [2.05, 4.69) is 33.5 Å².